The zero-order valence-corrected chi connectivity index (χ0v) is 27.5. The van der Waals surface area contributed by atoms with Gasteiger partial charge in [0.25, 0.3) is 0 Å². The molecule has 0 amide bonds. The number of hydrogen-bond donors (Lipinski definition) is 11. The summed E-state index contributed by atoms with van der Waals surface area (Å²) in [5, 5.41) is 115. The van der Waals surface area contributed by atoms with Gasteiger partial charge >= 0.3 is 0 Å². The Morgan fingerprint density at radius 3 is 2.04 bits per heavy atom. The third-order valence-electron chi connectivity index (χ3n) is 9.24. The maximum atomic E-state index is 12.9. The van der Waals surface area contributed by atoms with Crippen LogP contribution in [0.5, 0.6) is 23.0 Å². The molecule has 0 saturated carbocycles. The molecular weight excluding hydrogens is 700 g/mol. The summed E-state index contributed by atoms with van der Waals surface area (Å²) in [5.41, 5.74) is -0.837. The van der Waals surface area contributed by atoms with Gasteiger partial charge in [-0.3, -0.25) is 4.79 Å². The van der Waals surface area contributed by atoms with E-state index in [1.807, 2.05) is 0 Å². The Labute approximate surface area is 293 Å². The van der Waals surface area contributed by atoms with E-state index in [4.69, 9.17) is 32.8 Å². The molecule has 15 unspecified atom stereocenters. The lowest BCUT2D eigenvalue weighted by Crippen LogP contribution is -2.64. The first kappa shape index (κ1) is 38.1. The summed E-state index contributed by atoms with van der Waals surface area (Å²) >= 11 is 0. The first-order valence-corrected chi connectivity index (χ1v) is 16.2. The smallest absolute Gasteiger partial charge is 0.229 e. The molecule has 52 heavy (non-hydrogen) atoms. The third kappa shape index (κ3) is 7.28. The molecule has 15 atom stereocenters. The summed E-state index contributed by atoms with van der Waals surface area (Å²) in [6, 6.07) is 6.70. The molecule has 4 heterocycles. The van der Waals surface area contributed by atoms with Crippen LogP contribution in [0.2, 0.25) is 0 Å². The Balaban J connectivity index is 1.18. The Morgan fingerprint density at radius 1 is 0.654 bits per heavy atom. The lowest BCUT2D eigenvalue weighted by atomic mass is 9.97. The Hall–Kier alpha value is -3.67. The molecule has 11 N–H and O–H groups in total. The molecule has 1 aromatic heterocycles. The molecule has 286 valence electrons. The summed E-state index contributed by atoms with van der Waals surface area (Å²) in [4.78, 5) is 12.9. The Morgan fingerprint density at radius 2 is 1.31 bits per heavy atom. The Bertz CT molecular complexity index is 1780. The third-order valence-corrected chi connectivity index (χ3v) is 9.24. The van der Waals surface area contributed by atoms with E-state index in [0.29, 0.717) is 0 Å². The average molecular weight is 741 g/mol. The van der Waals surface area contributed by atoms with Crippen molar-refractivity contribution in [2.45, 2.75) is 106 Å². The summed E-state index contributed by atoms with van der Waals surface area (Å²) in [5.74, 6) is -1.62. The van der Waals surface area contributed by atoms with Crippen molar-refractivity contribution in [3.05, 3.63) is 46.6 Å². The number of ether oxygens (including phenoxy) is 6. The van der Waals surface area contributed by atoms with Gasteiger partial charge in [-0.05, 0) is 26.0 Å². The van der Waals surface area contributed by atoms with Crippen LogP contribution >= 0.6 is 0 Å². The van der Waals surface area contributed by atoms with Crippen molar-refractivity contribution in [2.75, 3.05) is 6.61 Å². The molecule has 0 aliphatic carbocycles. The van der Waals surface area contributed by atoms with Crippen molar-refractivity contribution >= 4 is 11.0 Å². The maximum Gasteiger partial charge on any atom is 0.229 e. The number of aliphatic hydroxyl groups excluding tert-OH is 8. The molecule has 3 aliphatic rings. The fourth-order valence-electron chi connectivity index (χ4n) is 6.24. The van der Waals surface area contributed by atoms with Crippen LogP contribution in [0.1, 0.15) is 13.8 Å². The van der Waals surface area contributed by atoms with Crippen molar-refractivity contribution < 1.29 is 89.0 Å². The predicted molar refractivity (Wildman–Crippen MR) is 170 cm³/mol. The van der Waals surface area contributed by atoms with Gasteiger partial charge in [0, 0.05) is 24.3 Å². The van der Waals surface area contributed by atoms with Crippen LogP contribution < -0.4 is 10.2 Å². The molecule has 2 aromatic carbocycles. The number of aromatic hydroxyl groups is 3. The van der Waals surface area contributed by atoms with Crippen molar-refractivity contribution in [1.29, 1.82) is 0 Å². The molecule has 3 saturated heterocycles. The largest absolute Gasteiger partial charge is 0.508 e. The zero-order chi connectivity index (χ0) is 37.8. The lowest BCUT2D eigenvalue weighted by Gasteiger charge is -2.46. The molecule has 6 rings (SSSR count). The molecule has 3 aliphatic heterocycles. The quantitative estimate of drug-likeness (QED) is 0.113. The van der Waals surface area contributed by atoms with Crippen LogP contribution in [0.4, 0.5) is 0 Å². The number of phenolic OH excluding ortho intramolecular Hbond substituents is 3. The minimum Gasteiger partial charge on any atom is -0.508 e. The standard InChI is InChI=1S/C33H40O19/c1-10-22(38)25(41)27(43)32(48-10)52-30-23(39)11(2)47-31(29(30)45)46-9-20-24(40)26(42)28(44)33(51-20)50-17-6-12(34)3-4-14(17)18-8-16(37)21-15(36)5-13(35)7-19(21)49-18/h3-8,10-11,20,22-36,38-45H,9H2,1-2H3. The molecule has 0 spiro atoms. The van der Waals surface area contributed by atoms with Crippen molar-refractivity contribution in [1.82, 2.24) is 0 Å². The van der Waals surface area contributed by atoms with Gasteiger partial charge in [0.15, 0.2) is 18.0 Å². The molecule has 0 radical (unpaired) electrons. The van der Waals surface area contributed by atoms with Crippen LogP contribution in [-0.4, -0.2) is 155 Å². The highest BCUT2D eigenvalue weighted by atomic mass is 16.7. The van der Waals surface area contributed by atoms with Gasteiger partial charge in [-0.15, -0.1) is 0 Å². The number of fused-ring (bicyclic) bond motifs is 1. The first-order chi connectivity index (χ1) is 24.5. The summed E-state index contributed by atoms with van der Waals surface area (Å²) in [7, 11) is 0. The van der Waals surface area contributed by atoms with Crippen LogP contribution in [0.25, 0.3) is 22.3 Å². The fourth-order valence-corrected chi connectivity index (χ4v) is 6.24. The van der Waals surface area contributed by atoms with Gasteiger partial charge in [0.05, 0.1) is 24.4 Å². The molecule has 0 bridgehead atoms. The molecule has 3 aromatic rings. The van der Waals surface area contributed by atoms with Crippen molar-refractivity contribution in [3.8, 4) is 34.3 Å². The topological polar surface area (TPSA) is 308 Å². The summed E-state index contributed by atoms with van der Waals surface area (Å²) in [6.45, 7) is 2.22. The highest BCUT2D eigenvalue weighted by Crippen LogP contribution is 2.38. The van der Waals surface area contributed by atoms with E-state index in [1.165, 1.54) is 26.0 Å². The molecule has 3 fully saturated rings. The van der Waals surface area contributed by atoms with Gasteiger partial charge in [0.2, 0.25) is 6.29 Å². The SMILES string of the molecule is CC1OC(OC2C(O)C(C)OC(OCC3OC(Oc4cc(O)ccc4-c4cc(=O)c5c(O)cc(O)cc5o4)C(O)C(O)C3O)C2O)C(O)C(O)C1O. The number of phenols is 3. The van der Waals surface area contributed by atoms with E-state index in [0.717, 1.165) is 24.3 Å². The molecule has 19 heteroatoms. The highest BCUT2D eigenvalue weighted by molar-refractivity contribution is 5.86. The van der Waals surface area contributed by atoms with E-state index in [1.54, 1.807) is 0 Å². The number of rotatable bonds is 8. The van der Waals surface area contributed by atoms with Crippen LogP contribution in [0, 0.1) is 0 Å². The number of benzene rings is 2. The normalized spacial score (nSPS) is 38.3. The second-order valence-corrected chi connectivity index (χ2v) is 12.9. The zero-order valence-electron chi connectivity index (χ0n) is 27.5. The monoisotopic (exact) mass is 740 g/mol. The number of hydrogen-bond acceptors (Lipinski definition) is 19. The second kappa shape index (κ2) is 15.0. The van der Waals surface area contributed by atoms with E-state index in [9.17, 15) is 61.0 Å². The van der Waals surface area contributed by atoms with Crippen LogP contribution in [0.15, 0.2) is 45.6 Å². The first-order valence-electron chi connectivity index (χ1n) is 16.2. The summed E-state index contributed by atoms with van der Waals surface area (Å²) < 4.78 is 39.6. The lowest BCUT2D eigenvalue weighted by molar-refractivity contribution is -0.358. The van der Waals surface area contributed by atoms with E-state index >= 15 is 0 Å². The Kier molecular flexibility index (Phi) is 11.0. The van der Waals surface area contributed by atoms with E-state index in [2.05, 4.69) is 0 Å². The molecular formula is C33H40O19. The number of aliphatic hydroxyl groups is 8. The van der Waals surface area contributed by atoms with Crippen LogP contribution in [-0.2, 0) is 23.7 Å². The van der Waals surface area contributed by atoms with Crippen molar-refractivity contribution in [2.24, 2.45) is 0 Å². The van der Waals surface area contributed by atoms with Crippen LogP contribution in [0.3, 0.4) is 0 Å². The maximum absolute atomic E-state index is 12.9. The minimum absolute atomic E-state index is 0.0321. The van der Waals surface area contributed by atoms with E-state index in [-0.39, 0.29) is 39.5 Å². The predicted octanol–water partition coefficient (Wildman–Crippen LogP) is -2.54. The fraction of sp³-hybridized carbons (Fsp3) is 0.545. The van der Waals surface area contributed by atoms with Gasteiger partial charge < -0.3 is 89.0 Å². The average Bonchev–Trinajstić information content (AvgIpc) is 3.09. The van der Waals surface area contributed by atoms with Gasteiger partial charge in [-0.2, -0.15) is 0 Å². The van der Waals surface area contributed by atoms with Gasteiger partial charge in [0.1, 0.15) is 101 Å². The summed E-state index contributed by atoms with van der Waals surface area (Å²) in [6.07, 6.45) is -23.5. The van der Waals surface area contributed by atoms with Gasteiger partial charge in [-0.1, -0.05) is 0 Å². The van der Waals surface area contributed by atoms with Gasteiger partial charge in [-0.25, -0.2) is 0 Å². The second-order valence-electron chi connectivity index (χ2n) is 12.9. The molecule has 19 nitrogen and oxygen atoms in total. The van der Waals surface area contributed by atoms with E-state index < -0.39 is 110 Å². The highest BCUT2D eigenvalue weighted by Gasteiger charge is 2.51. The minimum atomic E-state index is -1.89. The van der Waals surface area contributed by atoms with Crippen molar-refractivity contribution in [3.63, 3.8) is 0 Å².